The maximum absolute atomic E-state index is 14.0. The van der Waals surface area contributed by atoms with E-state index >= 15 is 0 Å². The van der Waals surface area contributed by atoms with Gasteiger partial charge in [0.2, 0.25) is 6.79 Å². The lowest BCUT2D eigenvalue weighted by Gasteiger charge is -2.08. The molecule has 0 spiro atoms. The van der Waals surface area contributed by atoms with Crippen LogP contribution in [0.4, 0.5) is 10.1 Å². The van der Waals surface area contributed by atoms with E-state index in [0.29, 0.717) is 34.0 Å². The summed E-state index contributed by atoms with van der Waals surface area (Å²) in [5.41, 5.74) is 3.63. The number of H-pyrrole nitrogens is 1. The van der Waals surface area contributed by atoms with Crippen molar-refractivity contribution >= 4 is 16.7 Å². The molecule has 168 valence electrons. The van der Waals surface area contributed by atoms with Gasteiger partial charge in [-0.1, -0.05) is 30.3 Å². The van der Waals surface area contributed by atoms with Crippen LogP contribution < -0.4 is 20.3 Å². The van der Waals surface area contributed by atoms with E-state index in [2.05, 4.69) is 10.3 Å². The van der Waals surface area contributed by atoms with Gasteiger partial charge in [-0.15, -0.1) is 0 Å². The fourth-order valence-electron chi connectivity index (χ4n) is 4.05. The first-order valence-electron chi connectivity index (χ1n) is 10.8. The lowest BCUT2D eigenvalue weighted by Crippen LogP contribution is -2.16. The van der Waals surface area contributed by atoms with Crippen molar-refractivity contribution in [2.24, 2.45) is 0 Å². The molecule has 0 aliphatic carbocycles. The molecule has 0 bridgehead atoms. The minimum atomic E-state index is -0.353. The summed E-state index contributed by atoms with van der Waals surface area (Å²) in [4.78, 5) is 16.0. The molecule has 3 heterocycles. The minimum absolute atomic E-state index is 0.198. The molecule has 2 N–H and O–H groups in total. The molecule has 0 unspecified atom stereocenters. The summed E-state index contributed by atoms with van der Waals surface area (Å²) in [6.07, 6.45) is 0. The van der Waals surface area contributed by atoms with E-state index in [1.165, 1.54) is 12.1 Å². The number of benzene rings is 3. The number of aromatic nitrogens is 3. The van der Waals surface area contributed by atoms with Gasteiger partial charge in [-0.3, -0.25) is 4.79 Å². The first-order valence-corrected chi connectivity index (χ1v) is 10.8. The molecular formula is C26H19FN4O3. The molecule has 0 radical (unpaired) electrons. The number of anilines is 1. The van der Waals surface area contributed by atoms with Crippen LogP contribution in [0.3, 0.4) is 0 Å². The van der Waals surface area contributed by atoms with Crippen LogP contribution in [0.25, 0.3) is 28.0 Å². The predicted molar refractivity (Wildman–Crippen MR) is 127 cm³/mol. The van der Waals surface area contributed by atoms with Gasteiger partial charge in [-0.2, -0.15) is 5.10 Å². The van der Waals surface area contributed by atoms with Crippen molar-refractivity contribution < 1.29 is 13.9 Å². The van der Waals surface area contributed by atoms with E-state index < -0.39 is 0 Å². The first-order chi connectivity index (χ1) is 16.7. The van der Waals surface area contributed by atoms with Crippen molar-refractivity contribution in [3.63, 3.8) is 0 Å². The number of halogens is 1. The Morgan fingerprint density at radius 2 is 1.82 bits per heavy atom. The standard InChI is InChI=1S/C26H19FN4O3/c27-18-6-4-5-16(11-18)24-21-12-17(14-28-19-9-10-22-23(13-19)34-15-33-22)26(32)29-25(21)31(30-24)20-7-2-1-3-8-20/h1-13,28H,14-15H2,(H,29,32). The molecule has 7 nitrogen and oxygen atoms in total. The van der Waals surface area contributed by atoms with Crippen molar-refractivity contribution in [2.75, 3.05) is 12.1 Å². The molecule has 0 saturated carbocycles. The predicted octanol–water partition coefficient (Wildman–Crippen LogP) is 4.86. The van der Waals surface area contributed by atoms with Gasteiger partial charge in [0.25, 0.3) is 5.56 Å². The van der Waals surface area contributed by atoms with Crippen LogP contribution in [0.5, 0.6) is 11.5 Å². The van der Waals surface area contributed by atoms with Gasteiger partial charge in [0, 0.05) is 34.8 Å². The summed E-state index contributed by atoms with van der Waals surface area (Å²) in [6, 6.07) is 23.1. The molecular weight excluding hydrogens is 435 g/mol. The highest BCUT2D eigenvalue weighted by molar-refractivity contribution is 5.92. The van der Waals surface area contributed by atoms with Gasteiger partial charge >= 0.3 is 0 Å². The number of ether oxygens (including phenoxy) is 2. The van der Waals surface area contributed by atoms with Crippen LogP contribution in [0.15, 0.2) is 83.7 Å². The number of nitrogens with one attached hydrogen (secondary N) is 2. The topological polar surface area (TPSA) is 81.2 Å². The zero-order valence-electron chi connectivity index (χ0n) is 17.9. The Morgan fingerprint density at radius 3 is 2.68 bits per heavy atom. The number of hydrogen-bond acceptors (Lipinski definition) is 5. The Labute approximate surface area is 193 Å². The summed E-state index contributed by atoms with van der Waals surface area (Å²) in [5.74, 6) is 0.999. The number of hydrogen-bond donors (Lipinski definition) is 2. The monoisotopic (exact) mass is 454 g/mol. The molecule has 2 aromatic heterocycles. The average Bonchev–Trinajstić information content (AvgIpc) is 3.47. The molecule has 6 rings (SSSR count). The molecule has 0 amide bonds. The Kier molecular flexibility index (Phi) is 4.76. The summed E-state index contributed by atoms with van der Waals surface area (Å²) >= 11 is 0. The second-order valence-corrected chi connectivity index (χ2v) is 7.91. The van der Waals surface area contributed by atoms with Crippen LogP contribution >= 0.6 is 0 Å². The average molecular weight is 454 g/mol. The van der Waals surface area contributed by atoms with Gasteiger partial charge in [-0.05, 0) is 42.5 Å². The first kappa shape index (κ1) is 20.0. The van der Waals surface area contributed by atoms with E-state index in [4.69, 9.17) is 14.6 Å². The zero-order chi connectivity index (χ0) is 23.1. The summed E-state index contributed by atoms with van der Waals surface area (Å²) in [5, 5.41) is 8.72. The van der Waals surface area contributed by atoms with Gasteiger partial charge < -0.3 is 19.8 Å². The zero-order valence-corrected chi connectivity index (χ0v) is 17.9. The number of pyridine rings is 1. The fourth-order valence-corrected chi connectivity index (χ4v) is 4.05. The normalized spacial score (nSPS) is 12.3. The van der Waals surface area contributed by atoms with Gasteiger partial charge in [0.15, 0.2) is 11.5 Å². The maximum Gasteiger partial charge on any atom is 0.254 e. The summed E-state index contributed by atoms with van der Waals surface area (Å²) < 4.78 is 26.4. The van der Waals surface area contributed by atoms with E-state index in [1.807, 2.05) is 48.5 Å². The van der Waals surface area contributed by atoms with Gasteiger partial charge in [0.1, 0.15) is 17.2 Å². The molecule has 1 aliphatic rings. The van der Waals surface area contributed by atoms with Gasteiger partial charge in [-0.25, -0.2) is 9.07 Å². The third-order valence-corrected chi connectivity index (χ3v) is 5.72. The van der Waals surface area contributed by atoms with Crippen LogP contribution in [0, 0.1) is 5.82 Å². The molecule has 0 saturated heterocycles. The van der Waals surface area contributed by atoms with E-state index in [0.717, 1.165) is 16.8 Å². The third kappa shape index (κ3) is 3.55. The van der Waals surface area contributed by atoms with Crippen molar-refractivity contribution in [1.29, 1.82) is 0 Å². The highest BCUT2D eigenvalue weighted by Gasteiger charge is 2.18. The highest BCUT2D eigenvalue weighted by atomic mass is 19.1. The summed E-state index contributed by atoms with van der Waals surface area (Å²) in [7, 11) is 0. The number of aromatic amines is 1. The molecule has 5 aromatic rings. The van der Waals surface area contributed by atoms with Crippen LogP contribution in [-0.4, -0.2) is 21.6 Å². The molecule has 0 atom stereocenters. The largest absolute Gasteiger partial charge is 0.454 e. The molecule has 3 aromatic carbocycles. The Bertz CT molecular complexity index is 1580. The van der Waals surface area contributed by atoms with Crippen molar-refractivity contribution in [1.82, 2.24) is 14.8 Å². The smallest absolute Gasteiger partial charge is 0.254 e. The third-order valence-electron chi connectivity index (χ3n) is 5.72. The SMILES string of the molecule is O=c1[nH]c2c(cc1CNc1ccc3c(c1)OCO3)c(-c1cccc(F)c1)nn2-c1ccccc1. The van der Waals surface area contributed by atoms with Crippen LogP contribution in [-0.2, 0) is 6.54 Å². The number of fused-ring (bicyclic) bond motifs is 2. The van der Waals surface area contributed by atoms with E-state index in [-0.39, 0.29) is 24.7 Å². The Hall–Kier alpha value is -4.59. The fraction of sp³-hybridized carbons (Fsp3) is 0.0769. The number of rotatable bonds is 5. The number of nitrogens with zero attached hydrogens (tertiary/aromatic N) is 2. The quantitative estimate of drug-likeness (QED) is 0.396. The van der Waals surface area contributed by atoms with E-state index in [1.54, 1.807) is 22.9 Å². The maximum atomic E-state index is 14.0. The molecule has 0 fully saturated rings. The highest BCUT2D eigenvalue weighted by Crippen LogP contribution is 2.34. The lowest BCUT2D eigenvalue weighted by molar-refractivity contribution is 0.174. The molecule has 8 heteroatoms. The molecule has 1 aliphatic heterocycles. The van der Waals surface area contributed by atoms with E-state index in [9.17, 15) is 9.18 Å². The second kappa shape index (κ2) is 8.08. The summed E-state index contributed by atoms with van der Waals surface area (Å²) in [6.45, 7) is 0.480. The van der Waals surface area contributed by atoms with Crippen LogP contribution in [0.2, 0.25) is 0 Å². The lowest BCUT2D eigenvalue weighted by atomic mass is 10.1. The molecule has 34 heavy (non-hydrogen) atoms. The van der Waals surface area contributed by atoms with Crippen molar-refractivity contribution in [2.45, 2.75) is 6.54 Å². The van der Waals surface area contributed by atoms with Crippen molar-refractivity contribution in [3.05, 3.63) is 101 Å². The van der Waals surface area contributed by atoms with Crippen LogP contribution in [0.1, 0.15) is 5.56 Å². The van der Waals surface area contributed by atoms with Gasteiger partial charge in [0.05, 0.1) is 5.69 Å². The van der Waals surface area contributed by atoms with Crippen molar-refractivity contribution in [3.8, 4) is 28.4 Å². The number of para-hydroxylation sites is 1. The second-order valence-electron chi connectivity index (χ2n) is 7.91. The minimum Gasteiger partial charge on any atom is -0.454 e. The Morgan fingerprint density at radius 1 is 0.971 bits per heavy atom. The Balaban J connectivity index is 1.43.